The molecular formula is C24H30O4. The zero-order valence-corrected chi connectivity index (χ0v) is 17.3. The van der Waals surface area contributed by atoms with Crippen LogP contribution in [0.4, 0.5) is 0 Å². The number of ether oxygens (including phenoxy) is 2. The summed E-state index contributed by atoms with van der Waals surface area (Å²) < 4.78 is 17.4. The molecule has 2 aliphatic heterocycles. The highest BCUT2D eigenvalue weighted by atomic mass is 16.5. The highest BCUT2D eigenvalue weighted by molar-refractivity contribution is 5.77. The molecule has 28 heavy (non-hydrogen) atoms. The van der Waals surface area contributed by atoms with E-state index in [-0.39, 0.29) is 16.6 Å². The second kappa shape index (κ2) is 7.07. The highest BCUT2D eigenvalue weighted by Crippen LogP contribution is 2.59. The number of benzene rings is 1. The number of fused-ring (bicyclic) bond motifs is 3. The van der Waals surface area contributed by atoms with Gasteiger partial charge in [0, 0.05) is 17.5 Å². The highest BCUT2D eigenvalue weighted by Gasteiger charge is 2.60. The normalized spacial score (nSPS) is 28.8. The molecule has 0 radical (unpaired) electrons. The summed E-state index contributed by atoms with van der Waals surface area (Å²) in [7, 11) is 0. The van der Waals surface area contributed by atoms with Crippen molar-refractivity contribution in [1.29, 1.82) is 0 Å². The van der Waals surface area contributed by atoms with Gasteiger partial charge in [0.25, 0.3) is 0 Å². The summed E-state index contributed by atoms with van der Waals surface area (Å²) in [6, 6.07) is 8.77. The average Bonchev–Trinajstić information content (AvgIpc) is 3.12. The van der Waals surface area contributed by atoms with E-state index in [1.54, 1.807) is 12.1 Å². The second-order valence-electron chi connectivity index (χ2n) is 9.19. The fraction of sp³-hybridized carbons (Fsp3) is 0.542. The fourth-order valence-electron chi connectivity index (χ4n) is 5.21. The van der Waals surface area contributed by atoms with Gasteiger partial charge in [-0.15, -0.1) is 0 Å². The Labute approximate surface area is 166 Å². The molecule has 1 aromatic heterocycles. The molecule has 4 rings (SSSR count). The molecule has 150 valence electrons. The monoisotopic (exact) mass is 382 g/mol. The average molecular weight is 383 g/mol. The molecule has 3 heterocycles. The fourth-order valence-corrected chi connectivity index (χ4v) is 5.21. The van der Waals surface area contributed by atoms with Gasteiger partial charge in [-0.1, -0.05) is 19.4 Å². The lowest BCUT2D eigenvalue weighted by molar-refractivity contribution is 0.00469. The molecule has 0 aliphatic carbocycles. The zero-order valence-electron chi connectivity index (χ0n) is 17.3. The Kier molecular flexibility index (Phi) is 4.86. The topological polar surface area (TPSA) is 48.7 Å². The first-order chi connectivity index (χ1) is 13.3. The predicted molar refractivity (Wildman–Crippen MR) is 111 cm³/mol. The number of hydrogen-bond donors (Lipinski definition) is 0. The van der Waals surface area contributed by atoms with E-state index >= 15 is 0 Å². The summed E-state index contributed by atoms with van der Waals surface area (Å²) >= 11 is 0. The van der Waals surface area contributed by atoms with Crippen molar-refractivity contribution in [2.75, 3.05) is 6.61 Å². The van der Waals surface area contributed by atoms with Crippen molar-refractivity contribution in [2.24, 2.45) is 11.3 Å². The molecule has 4 heteroatoms. The summed E-state index contributed by atoms with van der Waals surface area (Å²) in [5, 5.41) is 0.892. The molecule has 1 aromatic carbocycles. The standard InChI is InChI=1S/C24H30O4/c1-16(5-9-20-23(2,3)21-11-13-24(20,4)28-21)12-14-26-18-8-6-17-7-10-22(25)27-19(17)15-18/h6-8,10,12,15,20-21H,5,9,11,13-14H2,1-4H3/b16-12+. The van der Waals surface area contributed by atoms with E-state index in [2.05, 4.69) is 33.8 Å². The van der Waals surface area contributed by atoms with E-state index in [0.29, 0.717) is 30.0 Å². The van der Waals surface area contributed by atoms with Crippen LogP contribution in [0.3, 0.4) is 0 Å². The molecule has 0 saturated carbocycles. The largest absolute Gasteiger partial charge is 0.489 e. The third kappa shape index (κ3) is 3.50. The third-order valence-electron chi connectivity index (χ3n) is 6.88. The molecule has 0 N–H and O–H groups in total. The van der Waals surface area contributed by atoms with Gasteiger partial charge in [-0.2, -0.15) is 0 Å². The van der Waals surface area contributed by atoms with Crippen molar-refractivity contribution in [3.63, 3.8) is 0 Å². The molecule has 2 bridgehead atoms. The first kappa shape index (κ1) is 19.3. The lowest BCUT2D eigenvalue weighted by atomic mass is 9.62. The van der Waals surface area contributed by atoms with Crippen LogP contribution in [0.15, 0.2) is 51.2 Å². The summed E-state index contributed by atoms with van der Waals surface area (Å²) in [6.45, 7) is 9.72. The van der Waals surface area contributed by atoms with Gasteiger partial charge >= 0.3 is 5.63 Å². The minimum Gasteiger partial charge on any atom is -0.489 e. The Morgan fingerprint density at radius 3 is 2.79 bits per heavy atom. The Morgan fingerprint density at radius 2 is 2.04 bits per heavy atom. The Balaban J connectivity index is 1.33. The van der Waals surface area contributed by atoms with Crippen LogP contribution in [0.5, 0.6) is 5.75 Å². The van der Waals surface area contributed by atoms with Crippen LogP contribution in [0.1, 0.15) is 53.4 Å². The Morgan fingerprint density at radius 1 is 1.25 bits per heavy atom. The van der Waals surface area contributed by atoms with Crippen molar-refractivity contribution in [1.82, 2.24) is 0 Å². The van der Waals surface area contributed by atoms with E-state index in [0.717, 1.165) is 18.2 Å². The third-order valence-corrected chi connectivity index (χ3v) is 6.88. The van der Waals surface area contributed by atoms with Crippen molar-refractivity contribution >= 4 is 11.0 Å². The number of rotatable bonds is 6. The Hall–Kier alpha value is -2.07. The van der Waals surface area contributed by atoms with E-state index in [9.17, 15) is 4.79 Å². The summed E-state index contributed by atoms with van der Waals surface area (Å²) in [5.41, 5.74) is 1.87. The van der Waals surface area contributed by atoms with Gasteiger partial charge in [-0.25, -0.2) is 4.79 Å². The first-order valence-electron chi connectivity index (χ1n) is 10.3. The van der Waals surface area contributed by atoms with Gasteiger partial charge in [0.2, 0.25) is 0 Å². The van der Waals surface area contributed by atoms with Crippen LogP contribution in [0, 0.1) is 11.3 Å². The van der Waals surface area contributed by atoms with Crippen molar-refractivity contribution in [3.05, 3.63) is 52.4 Å². The molecular weight excluding hydrogens is 352 g/mol. The minimum atomic E-state index is -0.346. The maximum Gasteiger partial charge on any atom is 0.336 e. The molecule has 3 unspecified atom stereocenters. The number of hydrogen-bond acceptors (Lipinski definition) is 4. The quantitative estimate of drug-likeness (QED) is 0.489. The lowest BCUT2D eigenvalue weighted by Gasteiger charge is -2.39. The van der Waals surface area contributed by atoms with E-state index < -0.39 is 0 Å². The molecule has 3 atom stereocenters. The molecule has 2 fully saturated rings. The van der Waals surface area contributed by atoms with Crippen molar-refractivity contribution < 1.29 is 13.9 Å². The maximum absolute atomic E-state index is 11.4. The minimum absolute atomic E-state index is 0.0555. The second-order valence-corrected chi connectivity index (χ2v) is 9.19. The SMILES string of the molecule is C/C(=C\COc1ccc2ccc(=O)oc2c1)CCC1C2(C)CCC(O2)C1(C)C. The predicted octanol–water partition coefficient (Wildman–Crippen LogP) is 5.49. The van der Waals surface area contributed by atoms with Gasteiger partial charge in [0.05, 0.1) is 11.7 Å². The first-order valence-corrected chi connectivity index (χ1v) is 10.3. The number of allylic oxidation sites excluding steroid dienone is 1. The van der Waals surface area contributed by atoms with Gasteiger partial charge in [0.15, 0.2) is 0 Å². The van der Waals surface area contributed by atoms with Crippen molar-refractivity contribution in [3.8, 4) is 5.75 Å². The van der Waals surface area contributed by atoms with Crippen LogP contribution in [0.2, 0.25) is 0 Å². The summed E-state index contributed by atoms with van der Waals surface area (Å²) in [5.74, 6) is 1.31. The molecule has 0 spiro atoms. The van der Waals surface area contributed by atoms with E-state index in [4.69, 9.17) is 13.9 Å². The Bertz CT molecular complexity index is 950. The lowest BCUT2D eigenvalue weighted by Crippen LogP contribution is -2.40. The van der Waals surface area contributed by atoms with Gasteiger partial charge < -0.3 is 13.9 Å². The van der Waals surface area contributed by atoms with E-state index in [1.165, 1.54) is 24.5 Å². The molecule has 2 aromatic rings. The zero-order chi connectivity index (χ0) is 19.9. The van der Waals surface area contributed by atoms with Crippen LogP contribution in [-0.4, -0.2) is 18.3 Å². The van der Waals surface area contributed by atoms with Crippen LogP contribution >= 0.6 is 0 Å². The van der Waals surface area contributed by atoms with Crippen LogP contribution < -0.4 is 10.4 Å². The van der Waals surface area contributed by atoms with E-state index in [1.807, 2.05) is 12.1 Å². The summed E-state index contributed by atoms with van der Waals surface area (Å²) in [6.07, 6.45) is 7.18. The van der Waals surface area contributed by atoms with Crippen LogP contribution in [-0.2, 0) is 4.74 Å². The summed E-state index contributed by atoms with van der Waals surface area (Å²) in [4.78, 5) is 11.4. The van der Waals surface area contributed by atoms with Gasteiger partial charge in [-0.3, -0.25) is 0 Å². The van der Waals surface area contributed by atoms with Gasteiger partial charge in [-0.05, 0) is 75.1 Å². The van der Waals surface area contributed by atoms with Crippen molar-refractivity contribution in [2.45, 2.75) is 65.1 Å². The van der Waals surface area contributed by atoms with Gasteiger partial charge in [0.1, 0.15) is 17.9 Å². The smallest absolute Gasteiger partial charge is 0.336 e. The molecule has 0 amide bonds. The molecule has 2 aliphatic rings. The molecule has 2 saturated heterocycles. The van der Waals surface area contributed by atoms with Crippen LogP contribution in [0.25, 0.3) is 11.0 Å². The maximum atomic E-state index is 11.4. The molecule has 4 nitrogen and oxygen atoms in total.